The first-order valence-corrected chi connectivity index (χ1v) is 12.3. The molecule has 0 unspecified atom stereocenters. The number of carbonyl (C=O) groups is 1. The number of sulfone groups is 1. The number of hydrogen-bond acceptors (Lipinski definition) is 5. The molecule has 4 rings (SSSR count). The SMILES string of the molecule is CS(=O)(=O)c1ccc(OCCN2CCC3(CC2)C(=O)Nc2c(Cl)cc(Cl)cc23)cc1. The first-order valence-electron chi connectivity index (χ1n) is 9.65. The molecule has 160 valence electrons. The summed E-state index contributed by atoms with van der Waals surface area (Å²) < 4.78 is 28.8. The molecule has 0 aromatic heterocycles. The lowest BCUT2D eigenvalue weighted by molar-refractivity contribution is -0.122. The first kappa shape index (κ1) is 21.4. The van der Waals surface area contributed by atoms with Crippen molar-refractivity contribution in [1.29, 1.82) is 0 Å². The van der Waals surface area contributed by atoms with Crippen LogP contribution in [0.25, 0.3) is 0 Å². The molecular weight excluding hydrogens is 447 g/mol. The molecule has 0 bridgehead atoms. The third kappa shape index (κ3) is 4.04. The fourth-order valence-corrected chi connectivity index (χ4v) is 5.34. The van der Waals surface area contributed by atoms with Crippen molar-refractivity contribution in [2.24, 2.45) is 0 Å². The van der Waals surface area contributed by atoms with Crippen LogP contribution in [0.2, 0.25) is 10.0 Å². The number of amides is 1. The summed E-state index contributed by atoms with van der Waals surface area (Å²) in [6.45, 7) is 2.71. The van der Waals surface area contributed by atoms with E-state index in [4.69, 9.17) is 27.9 Å². The molecule has 9 heteroatoms. The van der Waals surface area contributed by atoms with Crippen molar-refractivity contribution in [1.82, 2.24) is 4.90 Å². The second kappa shape index (κ2) is 8.04. The molecule has 1 amide bonds. The molecule has 1 fully saturated rings. The van der Waals surface area contributed by atoms with E-state index in [1.54, 1.807) is 30.3 Å². The Morgan fingerprint density at radius 1 is 1.13 bits per heavy atom. The molecule has 1 spiro atoms. The molecule has 2 aliphatic rings. The molecule has 0 atom stereocenters. The number of anilines is 1. The van der Waals surface area contributed by atoms with Gasteiger partial charge in [-0.2, -0.15) is 0 Å². The number of carbonyl (C=O) groups excluding carboxylic acids is 1. The Kier molecular flexibility index (Phi) is 5.74. The number of benzene rings is 2. The Labute approximate surface area is 186 Å². The van der Waals surface area contributed by atoms with Crippen LogP contribution in [0, 0.1) is 0 Å². The van der Waals surface area contributed by atoms with E-state index in [0.29, 0.717) is 47.5 Å². The van der Waals surface area contributed by atoms with Crippen LogP contribution in [-0.4, -0.2) is 51.7 Å². The number of nitrogens with zero attached hydrogens (tertiary/aromatic N) is 1. The van der Waals surface area contributed by atoms with Crippen molar-refractivity contribution in [2.75, 3.05) is 37.8 Å². The number of rotatable bonds is 5. The number of fused-ring (bicyclic) bond motifs is 2. The summed E-state index contributed by atoms with van der Waals surface area (Å²) in [6.07, 6.45) is 2.55. The highest BCUT2D eigenvalue weighted by molar-refractivity contribution is 7.90. The number of ether oxygens (including phenoxy) is 1. The van der Waals surface area contributed by atoms with E-state index < -0.39 is 15.3 Å². The highest BCUT2D eigenvalue weighted by Gasteiger charge is 2.49. The predicted molar refractivity (Wildman–Crippen MR) is 117 cm³/mol. The van der Waals surface area contributed by atoms with Gasteiger partial charge in [-0.15, -0.1) is 0 Å². The van der Waals surface area contributed by atoms with Gasteiger partial charge < -0.3 is 10.1 Å². The van der Waals surface area contributed by atoms with Crippen LogP contribution in [0.1, 0.15) is 18.4 Å². The maximum absolute atomic E-state index is 12.8. The van der Waals surface area contributed by atoms with Crippen LogP contribution in [0.15, 0.2) is 41.3 Å². The fraction of sp³-hybridized carbons (Fsp3) is 0.381. The largest absolute Gasteiger partial charge is 0.492 e. The van der Waals surface area contributed by atoms with Crippen molar-refractivity contribution in [3.05, 3.63) is 52.0 Å². The van der Waals surface area contributed by atoms with Crippen molar-refractivity contribution in [3.8, 4) is 5.75 Å². The van der Waals surface area contributed by atoms with Crippen molar-refractivity contribution >= 4 is 44.6 Å². The van der Waals surface area contributed by atoms with Gasteiger partial charge in [0.1, 0.15) is 12.4 Å². The van der Waals surface area contributed by atoms with E-state index >= 15 is 0 Å². The summed E-state index contributed by atoms with van der Waals surface area (Å²) in [5, 5.41) is 3.94. The van der Waals surface area contributed by atoms with E-state index in [-0.39, 0.29) is 10.8 Å². The Hall–Kier alpha value is -1.80. The van der Waals surface area contributed by atoms with E-state index in [9.17, 15) is 13.2 Å². The minimum atomic E-state index is -3.21. The molecule has 1 saturated heterocycles. The summed E-state index contributed by atoms with van der Waals surface area (Å²) in [4.78, 5) is 15.3. The van der Waals surface area contributed by atoms with Crippen molar-refractivity contribution in [2.45, 2.75) is 23.2 Å². The lowest BCUT2D eigenvalue weighted by Gasteiger charge is -2.38. The zero-order chi connectivity index (χ0) is 21.5. The highest BCUT2D eigenvalue weighted by Crippen LogP contribution is 2.48. The summed E-state index contributed by atoms with van der Waals surface area (Å²) >= 11 is 12.5. The van der Waals surface area contributed by atoms with Gasteiger partial charge in [0.05, 0.1) is 21.0 Å². The zero-order valence-corrected chi connectivity index (χ0v) is 18.8. The lowest BCUT2D eigenvalue weighted by Crippen LogP contribution is -2.47. The minimum absolute atomic E-state index is 0.0106. The lowest BCUT2D eigenvalue weighted by atomic mass is 9.73. The van der Waals surface area contributed by atoms with Gasteiger partial charge in [-0.25, -0.2) is 8.42 Å². The summed E-state index contributed by atoms with van der Waals surface area (Å²) in [7, 11) is -3.21. The standard InChI is InChI=1S/C21H22Cl2N2O4S/c1-30(27,28)16-4-2-15(3-5-16)29-11-10-25-8-6-21(7-9-25)17-12-14(22)13-18(23)19(17)24-20(21)26/h2-5,12-13H,6-11H2,1H3,(H,24,26). The van der Waals surface area contributed by atoms with Crippen LogP contribution in [0.5, 0.6) is 5.75 Å². The fourth-order valence-electron chi connectivity index (χ4n) is 4.16. The van der Waals surface area contributed by atoms with Crippen molar-refractivity contribution in [3.63, 3.8) is 0 Å². The highest BCUT2D eigenvalue weighted by atomic mass is 35.5. The second-order valence-corrected chi connectivity index (χ2v) is 10.6. The van der Waals surface area contributed by atoms with Crippen LogP contribution in [0.4, 0.5) is 5.69 Å². The third-order valence-electron chi connectivity index (χ3n) is 5.88. The molecule has 2 aromatic carbocycles. The topological polar surface area (TPSA) is 75.7 Å². The van der Waals surface area contributed by atoms with Gasteiger partial charge >= 0.3 is 0 Å². The Balaban J connectivity index is 1.34. The first-order chi connectivity index (χ1) is 14.2. The average Bonchev–Trinajstić information content (AvgIpc) is 2.95. The van der Waals surface area contributed by atoms with Gasteiger partial charge in [-0.05, 0) is 67.9 Å². The second-order valence-electron chi connectivity index (χ2n) is 7.78. The van der Waals surface area contributed by atoms with E-state index in [1.165, 1.54) is 6.26 Å². The van der Waals surface area contributed by atoms with E-state index in [0.717, 1.165) is 18.7 Å². The van der Waals surface area contributed by atoms with Crippen LogP contribution < -0.4 is 10.1 Å². The molecule has 30 heavy (non-hydrogen) atoms. The maximum atomic E-state index is 12.8. The Morgan fingerprint density at radius 2 is 1.80 bits per heavy atom. The normalized spacial score (nSPS) is 18.3. The molecular formula is C21H22Cl2N2O4S. The quantitative estimate of drug-likeness (QED) is 0.722. The predicted octanol–water partition coefficient (Wildman–Crippen LogP) is 3.76. The van der Waals surface area contributed by atoms with E-state index in [2.05, 4.69) is 10.2 Å². The Bertz CT molecular complexity index is 1080. The molecule has 2 heterocycles. The summed E-state index contributed by atoms with van der Waals surface area (Å²) in [5.74, 6) is 0.618. The summed E-state index contributed by atoms with van der Waals surface area (Å²) in [6, 6.07) is 9.91. The molecule has 0 radical (unpaired) electrons. The molecule has 1 N–H and O–H groups in total. The molecule has 0 saturated carbocycles. The number of halogens is 2. The molecule has 6 nitrogen and oxygen atoms in total. The number of likely N-dealkylation sites (tertiary alicyclic amines) is 1. The smallest absolute Gasteiger partial charge is 0.235 e. The van der Waals surface area contributed by atoms with Gasteiger partial charge in [0.2, 0.25) is 5.91 Å². The van der Waals surface area contributed by atoms with Gasteiger partial charge in [-0.3, -0.25) is 9.69 Å². The van der Waals surface area contributed by atoms with E-state index in [1.807, 2.05) is 6.07 Å². The van der Waals surface area contributed by atoms with Crippen LogP contribution >= 0.6 is 23.2 Å². The molecule has 0 aliphatic carbocycles. The molecule has 2 aliphatic heterocycles. The summed E-state index contributed by atoms with van der Waals surface area (Å²) in [5.41, 5.74) is 0.996. The molecule has 2 aromatic rings. The zero-order valence-electron chi connectivity index (χ0n) is 16.5. The van der Waals surface area contributed by atoms with Gasteiger partial charge in [0.15, 0.2) is 9.84 Å². The van der Waals surface area contributed by atoms with Gasteiger partial charge in [0, 0.05) is 17.8 Å². The monoisotopic (exact) mass is 468 g/mol. The van der Waals surface area contributed by atoms with Crippen LogP contribution in [0.3, 0.4) is 0 Å². The number of piperidine rings is 1. The minimum Gasteiger partial charge on any atom is -0.492 e. The number of hydrogen-bond donors (Lipinski definition) is 1. The third-order valence-corrected chi connectivity index (χ3v) is 7.53. The van der Waals surface area contributed by atoms with Gasteiger partial charge in [-0.1, -0.05) is 23.2 Å². The van der Waals surface area contributed by atoms with Crippen molar-refractivity contribution < 1.29 is 17.9 Å². The maximum Gasteiger partial charge on any atom is 0.235 e. The average molecular weight is 469 g/mol. The van der Waals surface area contributed by atoms with Gasteiger partial charge in [0.25, 0.3) is 0 Å². The van der Waals surface area contributed by atoms with Crippen LogP contribution in [-0.2, 0) is 20.0 Å². The Morgan fingerprint density at radius 3 is 2.43 bits per heavy atom. The number of nitrogens with one attached hydrogen (secondary N) is 1.